The van der Waals surface area contributed by atoms with Gasteiger partial charge in [-0.15, -0.1) is 5.10 Å². The van der Waals surface area contributed by atoms with Gasteiger partial charge in [0.05, 0.1) is 5.69 Å². The van der Waals surface area contributed by atoms with Crippen LogP contribution < -0.4 is 10.6 Å². The van der Waals surface area contributed by atoms with Gasteiger partial charge in [-0.2, -0.15) is 0 Å². The van der Waals surface area contributed by atoms with Crippen LogP contribution in [0.5, 0.6) is 0 Å². The van der Waals surface area contributed by atoms with E-state index in [9.17, 15) is 9.59 Å². The van der Waals surface area contributed by atoms with Crippen LogP contribution in [0.2, 0.25) is 5.02 Å². The minimum absolute atomic E-state index is 0.0893. The van der Waals surface area contributed by atoms with Gasteiger partial charge in [0.1, 0.15) is 5.82 Å². The minimum Gasteiger partial charge on any atom is -0.352 e. The highest BCUT2D eigenvalue weighted by atomic mass is 35.5. The summed E-state index contributed by atoms with van der Waals surface area (Å²) >= 11 is 5.91. The van der Waals surface area contributed by atoms with Crippen molar-refractivity contribution in [3.05, 3.63) is 76.3 Å². The van der Waals surface area contributed by atoms with Gasteiger partial charge in [0.15, 0.2) is 0 Å². The lowest BCUT2D eigenvalue weighted by atomic mass is 10.1. The zero-order valence-corrected chi connectivity index (χ0v) is 16.3. The van der Waals surface area contributed by atoms with Crippen LogP contribution >= 0.6 is 11.6 Å². The molecule has 2 N–H and O–H groups in total. The Morgan fingerprint density at radius 1 is 1.00 bits per heavy atom. The predicted molar refractivity (Wildman–Crippen MR) is 107 cm³/mol. The summed E-state index contributed by atoms with van der Waals surface area (Å²) in [5.41, 5.74) is 2.22. The maximum absolute atomic E-state index is 12.4. The molecule has 1 aromatic heterocycles. The summed E-state index contributed by atoms with van der Waals surface area (Å²) in [5, 5.41) is 10.4. The number of halogens is 1. The molecule has 28 heavy (non-hydrogen) atoms. The molecule has 0 spiro atoms. The molecule has 0 aliphatic heterocycles. The Balaban J connectivity index is 1.64. The van der Waals surface area contributed by atoms with Crippen molar-refractivity contribution >= 4 is 23.4 Å². The van der Waals surface area contributed by atoms with Crippen molar-refractivity contribution in [2.24, 2.45) is 0 Å². The van der Waals surface area contributed by atoms with Crippen LogP contribution in [0, 0.1) is 6.92 Å². The van der Waals surface area contributed by atoms with E-state index in [2.05, 4.69) is 20.7 Å². The topological polar surface area (TPSA) is 88.9 Å². The van der Waals surface area contributed by atoms with E-state index in [4.69, 9.17) is 11.6 Å². The molecule has 7 nitrogen and oxygen atoms in total. The zero-order valence-electron chi connectivity index (χ0n) is 15.6. The van der Waals surface area contributed by atoms with Gasteiger partial charge in [-0.3, -0.25) is 9.59 Å². The van der Waals surface area contributed by atoms with E-state index in [1.165, 1.54) is 0 Å². The van der Waals surface area contributed by atoms with Crippen molar-refractivity contribution in [2.75, 3.05) is 6.54 Å². The number of aryl methyl sites for hydroxylation is 1. The third kappa shape index (κ3) is 4.55. The standard InChI is InChI=1S/C20H20ClN5O2/c1-3-22-19(27)15-6-4-14(5-7-15)12-23-20(28)18-24-13(2)26(25-18)17-10-8-16(21)9-11-17/h4-11H,3,12H2,1-2H3,(H,22,27)(H,23,28). The Bertz CT molecular complexity index is 981. The van der Waals surface area contributed by atoms with Gasteiger partial charge in [-0.05, 0) is 55.8 Å². The Labute approximate surface area is 167 Å². The molecule has 0 saturated carbocycles. The second kappa shape index (κ2) is 8.67. The molecule has 1 heterocycles. The number of carbonyl (C=O) groups is 2. The zero-order chi connectivity index (χ0) is 20.1. The smallest absolute Gasteiger partial charge is 0.291 e. The lowest BCUT2D eigenvalue weighted by Crippen LogP contribution is -2.24. The molecule has 0 radical (unpaired) electrons. The van der Waals surface area contributed by atoms with Gasteiger partial charge >= 0.3 is 0 Å². The third-order valence-corrected chi connectivity index (χ3v) is 4.30. The molecule has 0 fully saturated rings. The van der Waals surface area contributed by atoms with E-state index < -0.39 is 0 Å². The van der Waals surface area contributed by atoms with E-state index in [0.29, 0.717) is 29.5 Å². The number of amides is 2. The molecule has 8 heteroatoms. The largest absolute Gasteiger partial charge is 0.352 e. The molecule has 0 unspecified atom stereocenters. The molecular weight excluding hydrogens is 378 g/mol. The summed E-state index contributed by atoms with van der Waals surface area (Å²) in [4.78, 5) is 28.4. The van der Waals surface area contributed by atoms with Crippen LogP contribution in [0.15, 0.2) is 48.5 Å². The number of carbonyl (C=O) groups excluding carboxylic acids is 2. The van der Waals surface area contributed by atoms with E-state index >= 15 is 0 Å². The van der Waals surface area contributed by atoms with Crippen molar-refractivity contribution in [3.63, 3.8) is 0 Å². The summed E-state index contributed by atoms with van der Waals surface area (Å²) in [7, 11) is 0. The molecule has 0 saturated heterocycles. The van der Waals surface area contributed by atoms with Gasteiger partial charge in [-0.1, -0.05) is 23.7 Å². The van der Waals surface area contributed by atoms with E-state index in [1.807, 2.05) is 19.1 Å². The maximum Gasteiger partial charge on any atom is 0.291 e. The molecule has 144 valence electrons. The average Bonchev–Trinajstić information content (AvgIpc) is 3.09. The summed E-state index contributed by atoms with van der Waals surface area (Å²) in [5.74, 6) is 0.194. The molecular formula is C20H20ClN5O2. The Hall–Kier alpha value is -3.19. The minimum atomic E-state index is -0.372. The normalized spacial score (nSPS) is 10.5. The Kier molecular flexibility index (Phi) is 6.06. The van der Waals surface area contributed by atoms with Crippen molar-refractivity contribution in [2.45, 2.75) is 20.4 Å². The lowest BCUT2D eigenvalue weighted by molar-refractivity contribution is 0.0936. The second-order valence-electron chi connectivity index (χ2n) is 6.11. The molecule has 2 aromatic carbocycles. The van der Waals surface area contributed by atoms with Gasteiger partial charge in [-0.25, -0.2) is 9.67 Å². The van der Waals surface area contributed by atoms with Crippen molar-refractivity contribution < 1.29 is 9.59 Å². The highest BCUT2D eigenvalue weighted by Crippen LogP contribution is 2.14. The second-order valence-corrected chi connectivity index (χ2v) is 6.55. The number of benzene rings is 2. The number of nitrogens with one attached hydrogen (secondary N) is 2. The summed E-state index contributed by atoms with van der Waals surface area (Å²) in [6.07, 6.45) is 0. The van der Waals surface area contributed by atoms with Crippen molar-refractivity contribution in [1.29, 1.82) is 0 Å². The highest BCUT2D eigenvalue weighted by Gasteiger charge is 2.15. The SMILES string of the molecule is CCNC(=O)c1ccc(CNC(=O)c2nc(C)n(-c3ccc(Cl)cc3)n2)cc1. The van der Waals surface area contributed by atoms with Crippen LogP contribution in [0.25, 0.3) is 5.69 Å². The molecule has 3 aromatic rings. The quantitative estimate of drug-likeness (QED) is 0.669. The fraction of sp³-hybridized carbons (Fsp3) is 0.200. The first-order valence-electron chi connectivity index (χ1n) is 8.83. The predicted octanol–water partition coefficient (Wildman–Crippen LogP) is 2.91. The number of rotatable bonds is 6. The van der Waals surface area contributed by atoms with Crippen LogP contribution in [-0.2, 0) is 6.54 Å². The molecule has 0 aliphatic carbocycles. The van der Waals surface area contributed by atoms with Crippen LogP contribution in [0.1, 0.15) is 39.3 Å². The van der Waals surface area contributed by atoms with E-state index in [-0.39, 0.29) is 17.6 Å². The molecule has 0 bridgehead atoms. The number of hydrogen-bond acceptors (Lipinski definition) is 4. The fourth-order valence-electron chi connectivity index (χ4n) is 2.61. The molecule has 2 amide bonds. The average molecular weight is 398 g/mol. The third-order valence-electron chi connectivity index (χ3n) is 4.05. The number of nitrogens with zero attached hydrogens (tertiary/aromatic N) is 3. The van der Waals surface area contributed by atoms with Gasteiger partial charge in [0.25, 0.3) is 11.8 Å². The van der Waals surface area contributed by atoms with Crippen molar-refractivity contribution in [3.8, 4) is 5.69 Å². The summed E-state index contributed by atoms with van der Waals surface area (Å²) in [6, 6.07) is 14.2. The molecule has 3 rings (SSSR count). The first kappa shape index (κ1) is 19.6. The van der Waals surface area contributed by atoms with Gasteiger partial charge in [0, 0.05) is 23.7 Å². The van der Waals surface area contributed by atoms with Crippen molar-refractivity contribution in [1.82, 2.24) is 25.4 Å². The lowest BCUT2D eigenvalue weighted by Gasteiger charge is -2.05. The Morgan fingerprint density at radius 3 is 2.32 bits per heavy atom. The van der Waals surface area contributed by atoms with E-state index in [1.54, 1.807) is 48.0 Å². The van der Waals surface area contributed by atoms with Crippen LogP contribution in [-0.4, -0.2) is 33.1 Å². The first-order chi connectivity index (χ1) is 13.5. The highest BCUT2D eigenvalue weighted by molar-refractivity contribution is 6.30. The van der Waals surface area contributed by atoms with E-state index in [0.717, 1.165) is 11.3 Å². The first-order valence-corrected chi connectivity index (χ1v) is 9.20. The monoisotopic (exact) mass is 397 g/mol. The van der Waals surface area contributed by atoms with Crippen LogP contribution in [0.3, 0.4) is 0 Å². The maximum atomic E-state index is 12.4. The summed E-state index contributed by atoms with van der Waals surface area (Å²) < 4.78 is 1.59. The number of hydrogen-bond donors (Lipinski definition) is 2. The molecule has 0 atom stereocenters. The number of aromatic nitrogens is 3. The molecule has 0 aliphatic rings. The summed E-state index contributed by atoms with van der Waals surface area (Å²) in [6.45, 7) is 4.53. The van der Waals surface area contributed by atoms with Gasteiger partial charge < -0.3 is 10.6 Å². The van der Waals surface area contributed by atoms with Crippen LogP contribution in [0.4, 0.5) is 0 Å². The fourth-order valence-corrected chi connectivity index (χ4v) is 2.74. The Morgan fingerprint density at radius 2 is 1.68 bits per heavy atom. The van der Waals surface area contributed by atoms with Gasteiger partial charge in [0.2, 0.25) is 5.82 Å².